The fourth-order valence-corrected chi connectivity index (χ4v) is 4.87. The molecular weight excluding hydrogens is 372 g/mol. The van der Waals surface area contributed by atoms with Crippen molar-refractivity contribution in [2.24, 2.45) is 7.05 Å². The van der Waals surface area contributed by atoms with Gasteiger partial charge in [-0.2, -0.15) is 4.72 Å². The van der Waals surface area contributed by atoms with E-state index in [1.807, 2.05) is 17.8 Å². The summed E-state index contributed by atoms with van der Waals surface area (Å²) in [5.41, 5.74) is 0.257. The minimum Gasteiger partial charge on any atom is -0.360 e. The van der Waals surface area contributed by atoms with Crippen molar-refractivity contribution >= 4 is 15.9 Å². The van der Waals surface area contributed by atoms with Gasteiger partial charge in [0, 0.05) is 39.1 Å². The molecule has 11 heteroatoms. The Balaban J connectivity index is 1.81. The lowest BCUT2D eigenvalue weighted by Crippen LogP contribution is -2.54. The van der Waals surface area contributed by atoms with E-state index >= 15 is 0 Å². The Morgan fingerprint density at radius 2 is 2.19 bits per heavy atom. The summed E-state index contributed by atoms with van der Waals surface area (Å²) in [5, 5.41) is 6.92. The first-order valence-electron chi connectivity index (χ1n) is 8.66. The van der Waals surface area contributed by atoms with Gasteiger partial charge in [-0.05, 0) is 20.8 Å². The van der Waals surface area contributed by atoms with Crippen LogP contribution in [0.1, 0.15) is 30.2 Å². The van der Waals surface area contributed by atoms with Crippen molar-refractivity contribution < 1.29 is 17.7 Å². The number of hydrogen-bond acceptors (Lipinski definition) is 7. The Hall–Kier alpha value is -2.24. The van der Waals surface area contributed by atoms with Crippen LogP contribution in [0, 0.1) is 13.8 Å². The zero-order chi connectivity index (χ0) is 19.8. The monoisotopic (exact) mass is 396 g/mol. The van der Waals surface area contributed by atoms with Crippen molar-refractivity contribution in [3.8, 4) is 0 Å². The fraction of sp³-hybridized carbons (Fsp3) is 0.562. The fourth-order valence-electron chi connectivity index (χ4n) is 3.35. The number of carbonyl (C=O) groups excluding carboxylic acids is 1. The number of aromatic nitrogens is 3. The number of piperazine rings is 1. The number of carbonyl (C=O) groups is 1. The summed E-state index contributed by atoms with van der Waals surface area (Å²) >= 11 is 0. The molecule has 10 nitrogen and oxygen atoms in total. The smallest absolute Gasteiger partial charge is 0.246 e. The van der Waals surface area contributed by atoms with Crippen LogP contribution in [-0.2, 0) is 21.9 Å². The Labute approximate surface area is 158 Å². The molecule has 1 saturated heterocycles. The SMILES string of the molecule is Cc1noc(C)c1S(=O)(=O)NC(C)C(=O)N1CCNCC1c1nccn1C. The Kier molecular flexibility index (Phi) is 5.36. The van der Waals surface area contributed by atoms with Crippen LogP contribution in [0.4, 0.5) is 0 Å². The lowest BCUT2D eigenvalue weighted by atomic mass is 10.1. The molecule has 27 heavy (non-hydrogen) atoms. The van der Waals surface area contributed by atoms with Gasteiger partial charge in [-0.1, -0.05) is 5.16 Å². The van der Waals surface area contributed by atoms with E-state index in [4.69, 9.17) is 4.52 Å². The van der Waals surface area contributed by atoms with Gasteiger partial charge in [0.05, 0.1) is 6.04 Å². The zero-order valence-corrected chi connectivity index (χ0v) is 16.6. The molecule has 2 aromatic rings. The van der Waals surface area contributed by atoms with Crippen LogP contribution in [0.5, 0.6) is 0 Å². The Morgan fingerprint density at radius 1 is 1.44 bits per heavy atom. The number of rotatable bonds is 5. The normalized spacial score (nSPS) is 19.3. The van der Waals surface area contributed by atoms with Crippen molar-refractivity contribution in [2.75, 3.05) is 19.6 Å². The van der Waals surface area contributed by atoms with Gasteiger partial charge in [0.1, 0.15) is 22.5 Å². The highest BCUT2D eigenvalue weighted by molar-refractivity contribution is 7.89. The van der Waals surface area contributed by atoms with E-state index in [9.17, 15) is 13.2 Å². The molecule has 148 valence electrons. The van der Waals surface area contributed by atoms with Crippen molar-refractivity contribution in [1.82, 2.24) is 29.6 Å². The molecule has 1 aliphatic rings. The average molecular weight is 396 g/mol. The maximum absolute atomic E-state index is 13.0. The zero-order valence-electron chi connectivity index (χ0n) is 15.8. The van der Waals surface area contributed by atoms with E-state index in [2.05, 4.69) is 20.2 Å². The van der Waals surface area contributed by atoms with E-state index in [1.54, 1.807) is 18.0 Å². The average Bonchev–Trinajstić information content (AvgIpc) is 3.19. The van der Waals surface area contributed by atoms with Crippen LogP contribution >= 0.6 is 0 Å². The van der Waals surface area contributed by atoms with Gasteiger partial charge in [-0.25, -0.2) is 13.4 Å². The van der Waals surface area contributed by atoms with Crippen LogP contribution in [0.25, 0.3) is 0 Å². The number of nitrogens with zero attached hydrogens (tertiary/aromatic N) is 4. The second-order valence-electron chi connectivity index (χ2n) is 6.64. The van der Waals surface area contributed by atoms with Crippen molar-refractivity contribution in [3.05, 3.63) is 29.7 Å². The lowest BCUT2D eigenvalue weighted by Gasteiger charge is -2.37. The predicted octanol–water partition coefficient (Wildman–Crippen LogP) is -0.135. The summed E-state index contributed by atoms with van der Waals surface area (Å²) in [6.07, 6.45) is 3.49. The number of hydrogen-bond donors (Lipinski definition) is 2. The minimum absolute atomic E-state index is 0.0249. The third-order valence-corrected chi connectivity index (χ3v) is 6.41. The van der Waals surface area contributed by atoms with Crippen molar-refractivity contribution in [1.29, 1.82) is 0 Å². The van der Waals surface area contributed by atoms with Gasteiger partial charge in [0.25, 0.3) is 0 Å². The summed E-state index contributed by atoms with van der Waals surface area (Å²) in [7, 11) is -2.07. The second kappa shape index (κ2) is 7.41. The molecule has 0 spiro atoms. The number of sulfonamides is 1. The summed E-state index contributed by atoms with van der Waals surface area (Å²) in [4.78, 5) is 19.0. The first-order chi connectivity index (χ1) is 12.7. The van der Waals surface area contributed by atoms with Gasteiger partial charge in [0.15, 0.2) is 5.76 Å². The third kappa shape index (κ3) is 3.75. The van der Waals surface area contributed by atoms with E-state index in [0.717, 1.165) is 5.82 Å². The van der Waals surface area contributed by atoms with E-state index in [-0.39, 0.29) is 28.3 Å². The molecule has 1 aliphatic heterocycles. The largest absolute Gasteiger partial charge is 0.360 e. The lowest BCUT2D eigenvalue weighted by molar-refractivity contribution is -0.136. The standard InChI is InChI=1S/C16H24N6O4S/c1-10-14(12(3)26-19-10)27(24,25)20-11(2)16(23)22-8-5-17-9-13(22)15-18-6-7-21(15)4/h6-7,11,13,17,20H,5,8-9H2,1-4H3. The number of imidazole rings is 1. The molecule has 1 amide bonds. The number of nitrogens with one attached hydrogen (secondary N) is 2. The van der Waals surface area contributed by atoms with Crippen LogP contribution < -0.4 is 10.0 Å². The molecule has 0 aliphatic carbocycles. The molecule has 2 aromatic heterocycles. The molecule has 3 heterocycles. The minimum atomic E-state index is -3.93. The van der Waals surface area contributed by atoms with Crippen LogP contribution in [-0.4, -0.2) is 59.6 Å². The van der Waals surface area contributed by atoms with E-state index < -0.39 is 16.1 Å². The van der Waals surface area contributed by atoms with Gasteiger partial charge in [0.2, 0.25) is 15.9 Å². The van der Waals surface area contributed by atoms with Gasteiger partial charge in [-0.15, -0.1) is 0 Å². The molecule has 2 N–H and O–H groups in total. The highest BCUT2D eigenvalue weighted by Gasteiger charge is 2.35. The first kappa shape index (κ1) is 19.5. The van der Waals surface area contributed by atoms with Gasteiger partial charge >= 0.3 is 0 Å². The number of amides is 1. The maximum Gasteiger partial charge on any atom is 0.246 e. The number of aryl methyl sites for hydroxylation is 3. The van der Waals surface area contributed by atoms with Crippen molar-refractivity contribution in [2.45, 2.75) is 37.8 Å². The summed E-state index contributed by atoms with van der Waals surface area (Å²) in [6, 6.07) is -1.21. The van der Waals surface area contributed by atoms with Crippen molar-refractivity contribution in [3.63, 3.8) is 0 Å². The molecular formula is C16H24N6O4S. The highest BCUT2D eigenvalue weighted by Crippen LogP contribution is 2.23. The predicted molar refractivity (Wildman–Crippen MR) is 96.3 cm³/mol. The summed E-state index contributed by atoms with van der Waals surface area (Å²) in [6.45, 7) is 6.26. The van der Waals surface area contributed by atoms with Crippen LogP contribution in [0.15, 0.2) is 21.8 Å². The van der Waals surface area contributed by atoms with Crippen LogP contribution in [0.3, 0.4) is 0 Å². The quantitative estimate of drug-likeness (QED) is 0.721. The molecule has 0 saturated carbocycles. The molecule has 2 atom stereocenters. The Bertz CT molecular complexity index is 915. The topological polar surface area (TPSA) is 122 Å². The van der Waals surface area contributed by atoms with Crippen LogP contribution in [0.2, 0.25) is 0 Å². The van der Waals surface area contributed by atoms with E-state index in [0.29, 0.717) is 19.6 Å². The van der Waals surface area contributed by atoms with Gasteiger partial charge in [-0.3, -0.25) is 4.79 Å². The Morgan fingerprint density at radius 3 is 2.78 bits per heavy atom. The molecule has 3 rings (SSSR count). The third-order valence-electron chi connectivity index (χ3n) is 4.62. The highest BCUT2D eigenvalue weighted by atomic mass is 32.2. The molecule has 2 unspecified atom stereocenters. The molecule has 0 aromatic carbocycles. The van der Waals surface area contributed by atoms with E-state index in [1.165, 1.54) is 13.8 Å². The summed E-state index contributed by atoms with van der Waals surface area (Å²) in [5.74, 6) is 0.629. The molecule has 0 bridgehead atoms. The van der Waals surface area contributed by atoms with Gasteiger partial charge < -0.3 is 19.3 Å². The second-order valence-corrected chi connectivity index (χ2v) is 8.29. The maximum atomic E-state index is 13.0. The summed E-state index contributed by atoms with van der Waals surface area (Å²) < 4.78 is 34.6. The first-order valence-corrected chi connectivity index (χ1v) is 10.1. The molecule has 1 fully saturated rings. The molecule has 0 radical (unpaired) electrons.